The molecule has 0 fully saturated rings. The summed E-state index contributed by atoms with van der Waals surface area (Å²) in [6.07, 6.45) is 0. The number of thiophene rings is 3. The molecule has 306 valence electrons. The maximum absolute atomic E-state index is 2.48. The first-order chi connectivity index (χ1) is 32.2. The van der Waals surface area contributed by atoms with Crippen LogP contribution < -0.4 is 9.80 Å². The van der Waals surface area contributed by atoms with Gasteiger partial charge in [-0.05, 0) is 126 Å². The van der Waals surface area contributed by atoms with Crippen molar-refractivity contribution in [3.05, 3.63) is 231 Å². The topological polar surface area (TPSA) is 6.48 Å². The van der Waals surface area contributed by atoms with E-state index in [2.05, 4.69) is 240 Å². The molecule has 0 amide bonds. The van der Waals surface area contributed by atoms with E-state index >= 15 is 0 Å². The molecule has 0 aliphatic rings. The van der Waals surface area contributed by atoms with Gasteiger partial charge in [-0.25, -0.2) is 0 Å². The van der Waals surface area contributed by atoms with E-state index in [0.29, 0.717) is 0 Å². The van der Waals surface area contributed by atoms with Crippen molar-refractivity contribution in [3.63, 3.8) is 0 Å². The molecule has 0 bridgehead atoms. The molecule has 0 atom stereocenters. The molecular weight excluding hydrogens is 845 g/mol. The van der Waals surface area contributed by atoms with Crippen LogP contribution >= 0.6 is 34.0 Å². The van der Waals surface area contributed by atoms with E-state index in [9.17, 15) is 0 Å². The quantitative estimate of drug-likeness (QED) is 0.150. The van der Waals surface area contributed by atoms with Crippen molar-refractivity contribution in [2.45, 2.75) is 0 Å². The van der Waals surface area contributed by atoms with Crippen LogP contribution in [0.1, 0.15) is 0 Å². The standard InChI is InChI=1S/C60H38N2S3/c1-3-14-39(15-4-1)40-16-13-19-43(34-40)62(46-29-33-60-53(38-46)49-22-9-12-25-57(49)65-60)54-30-27-44(36-50(54)41-26-31-58-51(35-41)47-20-7-10-23-55(47)63-58)61(42-17-5-2-6-18-42)45-28-32-59-52(37-45)48-21-8-11-24-56(48)64-59/h1-38H. The van der Waals surface area contributed by atoms with Gasteiger partial charge < -0.3 is 9.80 Å². The predicted molar refractivity (Wildman–Crippen MR) is 285 cm³/mol. The van der Waals surface area contributed by atoms with Crippen LogP contribution in [0.15, 0.2) is 231 Å². The van der Waals surface area contributed by atoms with Crippen LogP contribution in [0.2, 0.25) is 0 Å². The number of para-hydroxylation sites is 1. The summed E-state index contributed by atoms with van der Waals surface area (Å²) >= 11 is 5.57. The highest BCUT2D eigenvalue weighted by molar-refractivity contribution is 7.26. The van der Waals surface area contributed by atoms with Crippen molar-refractivity contribution in [3.8, 4) is 22.3 Å². The van der Waals surface area contributed by atoms with Crippen LogP contribution in [0.4, 0.5) is 34.1 Å². The molecule has 3 heterocycles. The zero-order valence-corrected chi connectivity index (χ0v) is 37.5. The zero-order chi connectivity index (χ0) is 42.8. The molecule has 5 heteroatoms. The maximum atomic E-state index is 2.48. The molecule has 0 unspecified atom stereocenters. The average Bonchev–Trinajstić information content (AvgIpc) is 4.06. The van der Waals surface area contributed by atoms with Gasteiger partial charge in [-0.15, -0.1) is 34.0 Å². The number of nitrogens with zero attached hydrogens (tertiary/aromatic N) is 2. The Bertz CT molecular complexity index is 3920. The van der Waals surface area contributed by atoms with E-state index in [1.165, 1.54) is 71.6 Å². The van der Waals surface area contributed by atoms with Gasteiger partial charge in [0.2, 0.25) is 0 Å². The monoisotopic (exact) mass is 882 g/mol. The predicted octanol–water partition coefficient (Wildman–Crippen LogP) is 19.1. The fourth-order valence-electron chi connectivity index (χ4n) is 9.60. The SMILES string of the molecule is c1ccc(-c2cccc(N(c3ccc4sc5ccccc5c4c3)c3ccc(N(c4ccccc4)c4ccc5sc6ccccc6c5c4)cc3-c3ccc4sc5ccccc5c4c3)c2)cc1. The summed E-state index contributed by atoms with van der Waals surface area (Å²) in [7, 11) is 0. The van der Waals surface area contributed by atoms with E-state index in [0.717, 1.165) is 45.3 Å². The Morgan fingerprint density at radius 2 is 0.662 bits per heavy atom. The van der Waals surface area contributed by atoms with Crippen molar-refractivity contribution in [2.24, 2.45) is 0 Å². The van der Waals surface area contributed by atoms with Gasteiger partial charge in [0, 0.05) is 94.5 Å². The van der Waals surface area contributed by atoms with E-state index in [-0.39, 0.29) is 0 Å². The van der Waals surface area contributed by atoms with Gasteiger partial charge in [-0.3, -0.25) is 0 Å². The normalized spacial score (nSPS) is 11.7. The van der Waals surface area contributed by atoms with Crippen LogP contribution in [0, 0.1) is 0 Å². The highest BCUT2D eigenvalue weighted by Crippen LogP contribution is 2.49. The lowest BCUT2D eigenvalue weighted by Gasteiger charge is -2.31. The van der Waals surface area contributed by atoms with Gasteiger partial charge in [0.05, 0.1) is 5.69 Å². The fraction of sp³-hybridized carbons (Fsp3) is 0. The third-order valence-electron chi connectivity index (χ3n) is 12.6. The van der Waals surface area contributed by atoms with E-state index in [1.807, 2.05) is 34.0 Å². The summed E-state index contributed by atoms with van der Waals surface area (Å²) in [6, 6.07) is 85.0. The molecule has 0 aliphatic carbocycles. The van der Waals surface area contributed by atoms with E-state index in [1.54, 1.807) is 0 Å². The second-order valence-electron chi connectivity index (χ2n) is 16.5. The Labute approximate surface area is 388 Å². The molecule has 13 rings (SSSR count). The zero-order valence-electron chi connectivity index (χ0n) is 35.1. The Hall–Kier alpha value is -7.54. The van der Waals surface area contributed by atoms with Crippen LogP contribution in [-0.4, -0.2) is 0 Å². The summed E-state index contributed by atoms with van der Waals surface area (Å²) < 4.78 is 7.77. The van der Waals surface area contributed by atoms with Gasteiger partial charge in [0.15, 0.2) is 0 Å². The van der Waals surface area contributed by atoms with Gasteiger partial charge >= 0.3 is 0 Å². The minimum absolute atomic E-state index is 1.08. The van der Waals surface area contributed by atoms with E-state index in [4.69, 9.17) is 0 Å². The van der Waals surface area contributed by atoms with Crippen LogP contribution in [0.5, 0.6) is 0 Å². The first kappa shape index (κ1) is 38.0. The Kier molecular flexibility index (Phi) is 9.12. The summed E-state index contributed by atoms with van der Waals surface area (Å²) in [5.41, 5.74) is 11.3. The molecule has 10 aromatic carbocycles. The van der Waals surface area contributed by atoms with Crippen molar-refractivity contribution in [2.75, 3.05) is 9.80 Å². The average molecular weight is 883 g/mol. The van der Waals surface area contributed by atoms with Crippen molar-refractivity contribution < 1.29 is 0 Å². The number of hydrogen-bond acceptors (Lipinski definition) is 5. The number of hydrogen-bond donors (Lipinski definition) is 0. The van der Waals surface area contributed by atoms with Crippen molar-refractivity contribution >= 4 is 129 Å². The second-order valence-corrected chi connectivity index (χ2v) is 19.7. The van der Waals surface area contributed by atoms with Crippen molar-refractivity contribution in [1.82, 2.24) is 0 Å². The minimum atomic E-state index is 1.08. The molecule has 3 aromatic heterocycles. The number of anilines is 6. The smallest absolute Gasteiger partial charge is 0.0541 e. The molecular formula is C60H38N2S3. The molecule has 0 saturated carbocycles. The molecule has 65 heavy (non-hydrogen) atoms. The highest BCUT2D eigenvalue weighted by atomic mass is 32.1. The third kappa shape index (κ3) is 6.59. The second kappa shape index (κ2) is 15.6. The number of fused-ring (bicyclic) bond motifs is 9. The van der Waals surface area contributed by atoms with Gasteiger partial charge in [0.25, 0.3) is 0 Å². The fourth-order valence-corrected chi connectivity index (χ4v) is 12.9. The lowest BCUT2D eigenvalue weighted by molar-refractivity contribution is 1.26. The molecule has 0 aliphatic heterocycles. The van der Waals surface area contributed by atoms with Gasteiger partial charge in [-0.1, -0.05) is 121 Å². The summed E-state index contributed by atoms with van der Waals surface area (Å²) in [4.78, 5) is 4.89. The van der Waals surface area contributed by atoms with Gasteiger partial charge in [-0.2, -0.15) is 0 Å². The highest BCUT2D eigenvalue weighted by Gasteiger charge is 2.23. The van der Waals surface area contributed by atoms with Crippen LogP contribution in [0.25, 0.3) is 82.8 Å². The van der Waals surface area contributed by atoms with Gasteiger partial charge in [0.1, 0.15) is 0 Å². The van der Waals surface area contributed by atoms with Crippen LogP contribution in [0.3, 0.4) is 0 Å². The molecule has 0 radical (unpaired) electrons. The maximum Gasteiger partial charge on any atom is 0.0541 e. The first-order valence-electron chi connectivity index (χ1n) is 21.9. The molecule has 0 spiro atoms. The summed E-state index contributed by atoms with van der Waals surface area (Å²) in [5.74, 6) is 0. The molecule has 2 nitrogen and oxygen atoms in total. The van der Waals surface area contributed by atoms with E-state index < -0.39 is 0 Å². The third-order valence-corrected chi connectivity index (χ3v) is 16.1. The Morgan fingerprint density at radius 1 is 0.231 bits per heavy atom. The number of rotatable bonds is 8. The molecule has 0 N–H and O–H groups in total. The van der Waals surface area contributed by atoms with Crippen molar-refractivity contribution in [1.29, 1.82) is 0 Å². The number of benzene rings is 10. The Morgan fingerprint density at radius 3 is 1.28 bits per heavy atom. The Balaban J connectivity index is 1.08. The summed E-state index contributed by atoms with van der Waals surface area (Å²) in [6.45, 7) is 0. The lowest BCUT2D eigenvalue weighted by atomic mass is 9.97. The molecule has 0 saturated heterocycles. The molecule has 13 aromatic rings. The minimum Gasteiger partial charge on any atom is -0.310 e. The van der Waals surface area contributed by atoms with Crippen LogP contribution in [-0.2, 0) is 0 Å². The first-order valence-corrected chi connectivity index (χ1v) is 24.3. The largest absolute Gasteiger partial charge is 0.310 e. The summed E-state index contributed by atoms with van der Waals surface area (Å²) in [5, 5.41) is 7.68. The lowest BCUT2D eigenvalue weighted by Crippen LogP contribution is -2.13.